The van der Waals surface area contributed by atoms with E-state index >= 15 is 0 Å². The van der Waals surface area contributed by atoms with Crippen LogP contribution in [-0.2, 0) is 0 Å². The molecule has 0 amide bonds. The Morgan fingerprint density at radius 3 is 2.60 bits per heavy atom. The summed E-state index contributed by atoms with van der Waals surface area (Å²) >= 11 is 0. The highest BCUT2D eigenvalue weighted by atomic mass is 19.1. The lowest BCUT2D eigenvalue weighted by atomic mass is 9.98. The average Bonchev–Trinajstić information content (AvgIpc) is 2.44. The average molecular weight is 273 g/mol. The van der Waals surface area contributed by atoms with Crippen LogP contribution in [0.25, 0.3) is 0 Å². The zero-order valence-electron chi connectivity index (χ0n) is 12.1. The lowest BCUT2D eigenvalue weighted by Gasteiger charge is -2.16. The Balaban J connectivity index is 2.38. The van der Waals surface area contributed by atoms with Crippen molar-refractivity contribution in [1.29, 1.82) is 0 Å². The molecule has 20 heavy (non-hydrogen) atoms. The van der Waals surface area contributed by atoms with Gasteiger partial charge in [0, 0.05) is 6.07 Å². The van der Waals surface area contributed by atoms with Gasteiger partial charge in [-0.15, -0.1) is 0 Å². The first-order valence-electron chi connectivity index (χ1n) is 6.85. The minimum Gasteiger partial charge on any atom is -0.455 e. The Kier molecular flexibility index (Phi) is 4.28. The summed E-state index contributed by atoms with van der Waals surface area (Å²) in [5.74, 6) is 1.36. The number of rotatable bonds is 4. The number of nitrogens with two attached hydrogens (primary N) is 1. The molecule has 2 N–H and O–H groups in total. The van der Waals surface area contributed by atoms with Gasteiger partial charge in [-0.2, -0.15) is 0 Å². The minimum atomic E-state index is -0.315. The highest BCUT2D eigenvalue weighted by Gasteiger charge is 2.12. The second-order valence-corrected chi connectivity index (χ2v) is 5.09. The van der Waals surface area contributed by atoms with Crippen LogP contribution in [0.2, 0.25) is 0 Å². The molecule has 0 saturated heterocycles. The van der Waals surface area contributed by atoms with Gasteiger partial charge in [0.15, 0.2) is 5.75 Å². The van der Waals surface area contributed by atoms with Crippen molar-refractivity contribution in [3.63, 3.8) is 0 Å². The molecule has 106 valence electrons. The van der Waals surface area contributed by atoms with Gasteiger partial charge in [0.2, 0.25) is 0 Å². The van der Waals surface area contributed by atoms with E-state index in [9.17, 15) is 4.39 Å². The summed E-state index contributed by atoms with van der Waals surface area (Å²) in [7, 11) is 0. The zero-order chi connectivity index (χ0) is 14.7. The van der Waals surface area contributed by atoms with Crippen LogP contribution in [0, 0.1) is 12.7 Å². The van der Waals surface area contributed by atoms with Gasteiger partial charge in [-0.1, -0.05) is 32.0 Å². The van der Waals surface area contributed by atoms with Gasteiger partial charge >= 0.3 is 0 Å². The molecule has 2 nitrogen and oxygen atoms in total. The predicted molar refractivity (Wildman–Crippen MR) is 80.8 cm³/mol. The van der Waals surface area contributed by atoms with Crippen LogP contribution in [0.1, 0.15) is 37.3 Å². The van der Waals surface area contributed by atoms with Gasteiger partial charge in [0.25, 0.3) is 0 Å². The molecule has 0 aliphatic rings. The van der Waals surface area contributed by atoms with Gasteiger partial charge in [-0.3, -0.25) is 0 Å². The number of aryl methyl sites for hydroxylation is 1. The quantitative estimate of drug-likeness (QED) is 0.794. The highest BCUT2D eigenvalue weighted by molar-refractivity contribution is 5.56. The molecule has 1 unspecified atom stereocenters. The Bertz CT molecular complexity index is 610. The Labute approximate surface area is 119 Å². The molecule has 0 aliphatic heterocycles. The van der Waals surface area contributed by atoms with Crippen LogP contribution >= 0.6 is 0 Å². The molecular weight excluding hydrogens is 253 g/mol. The van der Waals surface area contributed by atoms with Crippen LogP contribution in [0.4, 0.5) is 10.1 Å². The number of anilines is 1. The van der Waals surface area contributed by atoms with Gasteiger partial charge in [-0.05, 0) is 42.5 Å². The number of hydrogen-bond donors (Lipinski definition) is 1. The molecule has 2 aromatic carbocycles. The maximum Gasteiger partial charge on any atom is 0.150 e. The molecule has 0 bridgehead atoms. The Hall–Kier alpha value is -2.03. The van der Waals surface area contributed by atoms with E-state index in [0.717, 1.165) is 17.7 Å². The number of para-hydroxylation sites is 1. The highest BCUT2D eigenvalue weighted by Crippen LogP contribution is 2.35. The summed E-state index contributed by atoms with van der Waals surface area (Å²) in [6.07, 6.45) is 1.03. The minimum absolute atomic E-state index is 0.312. The summed E-state index contributed by atoms with van der Waals surface area (Å²) in [5.41, 5.74) is 7.80. The Morgan fingerprint density at radius 2 is 1.90 bits per heavy atom. The van der Waals surface area contributed by atoms with Crippen LogP contribution in [0.5, 0.6) is 11.5 Å². The molecule has 0 saturated carbocycles. The van der Waals surface area contributed by atoms with Gasteiger partial charge in [-0.25, -0.2) is 4.39 Å². The summed E-state index contributed by atoms with van der Waals surface area (Å²) in [6, 6.07) is 10.8. The molecule has 0 radical (unpaired) electrons. The van der Waals surface area contributed by atoms with Crippen molar-refractivity contribution in [2.75, 3.05) is 5.73 Å². The monoisotopic (exact) mass is 273 g/mol. The van der Waals surface area contributed by atoms with E-state index in [1.807, 2.05) is 18.2 Å². The fourth-order valence-electron chi connectivity index (χ4n) is 2.08. The van der Waals surface area contributed by atoms with Crippen molar-refractivity contribution in [1.82, 2.24) is 0 Å². The van der Waals surface area contributed by atoms with Crippen LogP contribution in [0.15, 0.2) is 36.4 Å². The summed E-state index contributed by atoms with van der Waals surface area (Å²) in [6.45, 7) is 5.99. The fourth-order valence-corrected chi connectivity index (χ4v) is 2.08. The van der Waals surface area contributed by atoms with Crippen LogP contribution in [-0.4, -0.2) is 0 Å². The third-order valence-electron chi connectivity index (χ3n) is 3.57. The normalized spacial score (nSPS) is 12.2. The maximum atomic E-state index is 13.4. The molecule has 0 fully saturated rings. The number of hydrogen-bond acceptors (Lipinski definition) is 2. The second-order valence-electron chi connectivity index (χ2n) is 5.09. The first kappa shape index (κ1) is 14.4. The first-order valence-corrected chi connectivity index (χ1v) is 6.85. The van der Waals surface area contributed by atoms with Gasteiger partial charge in [0.1, 0.15) is 11.6 Å². The number of benzene rings is 2. The number of ether oxygens (including phenoxy) is 1. The van der Waals surface area contributed by atoms with Crippen molar-refractivity contribution in [3.8, 4) is 11.5 Å². The maximum absolute atomic E-state index is 13.4. The van der Waals surface area contributed by atoms with Crippen LogP contribution < -0.4 is 10.5 Å². The van der Waals surface area contributed by atoms with Crippen LogP contribution in [0.3, 0.4) is 0 Å². The third kappa shape index (κ3) is 2.93. The van der Waals surface area contributed by atoms with Crippen molar-refractivity contribution in [3.05, 3.63) is 53.3 Å². The van der Waals surface area contributed by atoms with E-state index < -0.39 is 0 Å². The largest absolute Gasteiger partial charge is 0.455 e. The van der Waals surface area contributed by atoms with Crippen molar-refractivity contribution >= 4 is 5.69 Å². The molecule has 0 spiro atoms. The summed E-state index contributed by atoms with van der Waals surface area (Å²) < 4.78 is 19.3. The Morgan fingerprint density at radius 1 is 1.20 bits per heavy atom. The standard InChI is InChI=1S/C17H20FNO/c1-4-11(2)13-7-5-6-8-16(13)20-17-9-12(3)14(18)10-15(17)19/h5-11H,4,19H2,1-3H3. The zero-order valence-corrected chi connectivity index (χ0v) is 12.1. The molecule has 0 aromatic heterocycles. The molecule has 2 rings (SSSR count). The van der Waals surface area contributed by atoms with E-state index in [1.54, 1.807) is 13.0 Å². The van der Waals surface area contributed by atoms with Crippen molar-refractivity contribution in [2.24, 2.45) is 0 Å². The topological polar surface area (TPSA) is 35.2 Å². The van der Waals surface area contributed by atoms with Crippen molar-refractivity contribution in [2.45, 2.75) is 33.1 Å². The summed E-state index contributed by atoms with van der Waals surface area (Å²) in [5, 5.41) is 0. The lowest BCUT2D eigenvalue weighted by molar-refractivity contribution is 0.470. The van der Waals surface area contributed by atoms with Gasteiger partial charge < -0.3 is 10.5 Å². The summed E-state index contributed by atoms with van der Waals surface area (Å²) in [4.78, 5) is 0. The molecule has 1 atom stereocenters. The number of nitrogen functional groups attached to an aromatic ring is 1. The molecule has 0 aliphatic carbocycles. The molecule has 2 aromatic rings. The van der Waals surface area contributed by atoms with Crippen molar-refractivity contribution < 1.29 is 9.13 Å². The van der Waals surface area contributed by atoms with E-state index in [2.05, 4.69) is 19.9 Å². The van der Waals surface area contributed by atoms with E-state index in [-0.39, 0.29) is 5.82 Å². The predicted octanol–water partition coefficient (Wildman–Crippen LogP) is 5.02. The SMILES string of the molecule is CCC(C)c1ccccc1Oc1cc(C)c(F)cc1N. The van der Waals surface area contributed by atoms with E-state index in [4.69, 9.17) is 10.5 Å². The second kappa shape index (κ2) is 5.95. The third-order valence-corrected chi connectivity index (χ3v) is 3.57. The van der Waals surface area contributed by atoms with E-state index in [0.29, 0.717) is 22.9 Å². The molecular formula is C17H20FNO. The fraction of sp³-hybridized carbons (Fsp3) is 0.294. The van der Waals surface area contributed by atoms with E-state index in [1.165, 1.54) is 6.07 Å². The smallest absolute Gasteiger partial charge is 0.150 e. The van der Waals surface area contributed by atoms with Gasteiger partial charge in [0.05, 0.1) is 5.69 Å². The lowest BCUT2D eigenvalue weighted by Crippen LogP contribution is -1.99. The number of halogens is 1. The molecule has 3 heteroatoms. The molecule has 0 heterocycles. The first-order chi connectivity index (χ1) is 9.52.